The monoisotopic (exact) mass is 428 g/mol. The number of anilines is 1. The van der Waals surface area contributed by atoms with Gasteiger partial charge >= 0.3 is 0 Å². The first kappa shape index (κ1) is 20.8. The van der Waals surface area contributed by atoms with Crippen LogP contribution in [0.25, 0.3) is 16.7 Å². The molecular formula is C23H20N6O3. The Labute approximate surface area is 182 Å². The number of non-ortho nitro benzene ring substituents is 1. The van der Waals surface area contributed by atoms with Gasteiger partial charge in [-0.3, -0.25) is 24.3 Å². The zero-order chi connectivity index (χ0) is 22.7. The summed E-state index contributed by atoms with van der Waals surface area (Å²) >= 11 is 0. The summed E-state index contributed by atoms with van der Waals surface area (Å²) in [4.78, 5) is 31.0. The molecule has 0 saturated heterocycles. The number of imidazole rings is 1. The summed E-state index contributed by atoms with van der Waals surface area (Å²) in [5.74, 6) is 0. The van der Waals surface area contributed by atoms with Gasteiger partial charge in [0.05, 0.1) is 27.1 Å². The van der Waals surface area contributed by atoms with Gasteiger partial charge in [0, 0.05) is 37.1 Å². The van der Waals surface area contributed by atoms with Crippen molar-refractivity contribution in [3.8, 4) is 6.07 Å². The lowest BCUT2D eigenvalue weighted by Gasteiger charge is -2.06. The van der Waals surface area contributed by atoms with E-state index in [2.05, 4.69) is 21.4 Å². The van der Waals surface area contributed by atoms with E-state index in [1.807, 2.05) is 24.3 Å². The topological polar surface area (TPSA) is 129 Å². The van der Waals surface area contributed by atoms with Crippen LogP contribution in [-0.4, -0.2) is 33.6 Å². The number of fused-ring (bicyclic) bond motifs is 3. The van der Waals surface area contributed by atoms with Crippen LogP contribution in [0.4, 0.5) is 11.4 Å². The van der Waals surface area contributed by atoms with Gasteiger partial charge in [-0.2, -0.15) is 5.26 Å². The number of aromatic amines is 1. The molecule has 0 fully saturated rings. The molecule has 9 heteroatoms. The van der Waals surface area contributed by atoms with E-state index in [9.17, 15) is 20.2 Å². The standard InChI is InChI=1S/C23H20N6O3/c1-15-18(13-24)22-27-20-5-2-3-6-21(20)28(22)23(30)19(15)14-25-11-4-12-26-16-7-9-17(10-8-16)29(31)32/h2-3,5-10,14,26-27H,4,11-12H2,1H3. The lowest BCUT2D eigenvalue weighted by molar-refractivity contribution is -0.384. The zero-order valence-corrected chi connectivity index (χ0v) is 17.3. The number of hydrogen-bond acceptors (Lipinski definition) is 6. The van der Waals surface area contributed by atoms with Crippen LogP contribution in [0.2, 0.25) is 0 Å². The molecule has 4 rings (SSSR count). The summed E-state index contributed by atoms with van der Waals surface area (Å²) in [7, 11) is 0. The molecule has 2 aromatic heterocycles. The number of nitro groups is 1. The maximum Gasteiger partial charge on any atom is 0.269 e. The fraction of sp³-hybridized carbons (Fsp3) is 0.174. The highest BCUT2D eigenvalue weighted by atomic mass is 16.6. The second-order valence-electron chi connectivity index (χ2n) is 7.28. The third-order valence-corrected chi connectivity index (χ3v) is 5.27. The molecule has 2 heterocycles. The Morgan fingerprint density at radius 3 is 2.72 bits per heavy atom. The van der Waals surface area contributed by atoms with Crippen LogP contribution in [0.1, 0.15) is 23.1 Å². The molecule has 0 aliphatic carbocycles. The number of nitrogens with one attached hydrogen (secondary N) is 2. The van der Waals surface area contributed by atoms with Gasteiger partial charge in [0.25, 0.3) is 11.2 Å². The summed E-state index contributed by atoms with van der Waals surface area (Å²) in [5.41, 5.74) is 4.01. The molecule has 0 amide bonds. The first-order valence-electron chi connectivity index (χ1n) is 10.1. The van der Waals surface area contributed by atoms with Gasteiger partial charge < -0.3 is 10.3 Å². The number of H-pyrrole nitrogens is 1. The molecule has 9 nitrogen and oxygen atoms in total. The number of benzene rings is 2. The Morgan fingerprint density at radius 1 is 1.25 bits per heavy atom. The Balaban J connectivity index is 1.49. The zero-order valence-electron chi connectivity index (χ0n) is 17.3. The molecule has 0 spiro atoms. The predicted molar refractivity (Wildman–Crippen MR) is 124 cm³/mol. The lowest BCUT2D eigenvalue weighted by Crippen LogP contribution is -2.20. The highest BCUT2D eigenvalue weighted by Gasteiger charge is 2.17. The Kier molecular flexibility index (Phi) is 5.68. The fourth-order valence-electron chi connectivity index (χ4n) is 3.61. The second-order valence-corrected chi connectivity index (χ2v) is 7.28. The largest absolute Gasteiger partial charge is 0.385 e. The summed E-state index contributed by atoms with van der Waals surface area (Å²) in [6.45, 7) is 2.86. The predicted octanol–water partition coefficient (Wildman–Crippen LogP) is 3.79. The number of hydrogen-bond donors (Lipinski definition) is 2. The number of aliphatic imine (C=N–C) groups is 1. The first-order valence-corrected chi connectivity index (χ1v) is 10.1. The van der Waals surface area contributed by atoms with Gasteiger partial charge in [-0.05, 0) is 43.2 Å². The highest BCUT2D eigenvalue weighted by Crippen LogP contribution is 2.20. The van der Waals surface area contributed by atoms with E-state index >= 15 is 0 Å². The number of nitriles is 1. The van der Waals surface area contributed by atoms with Crippen molar-refractivity contribution in [2.45, 2.75) is 13.3 Å². The second kappa shape index (κ2) is 8.73. The fourth-order valence-corrected chi connectivity index (χ4v) is 3.61. The normalized spacial score (nSPS) is 11.2. The molecule has 0 unspecified atom stereocenters. The van der Waals surface area contributed by atoms with Gasteiger partial charge in [0.15, 0.2) is 0 Å². The molecule has 0 radical (unpaired) electrons. The van der Waals surface area contributed by atoms with E-state index in [4.69, 9.17) is 0 Å². The Hall–Kier alpha value is -4.45. The summed E-state index contributed by atoms with van der Waals surface area (Å²) in [5, 5.41) is 23.6. The van der Waals surface area contributed by atoms with Gasteiger partial charge in [0.2, 0.25) is 0 Å². The SMILES string of the molecule is Cc1c(C=NCCCNc2ccc([N+](=O)[O-])cc2)c(=O)n2c([nH]c3ccccc32)c1C#N. The number of rotatable bonds is 7. The Bertz CT molecular complexity index is 1440. The van der Waals surface area contributed by atoms with E-state index in [-0.39, 0.29) is 11.2 Å². The molecule has 2 aromatic carbocycles. The van der Waals surface area contributed by atoms with Crippen molar-refractivity contribution in [1.29, 1.82) is 5.26 Å². The maximum atomic E-state index is 13.2. The van der Waals surface area contributed by atoms with Crippen molar-refractivity contribution in [3.05, 3.63) is 85.7 Å². The van der Waals surface area contributed by atoms with Gasteiger partial charge in [-0.15, -0.1) is 0 Å². The quantitative estimate of drug-likeness (QED) is 0.200. The van der Waals surface area contributed by atoms with E-state index < -0.39 is 4.92 Å². The molecule has 0 aliphatic rings. The molecule has 32 heavy (non-hydrogen) atoms. The lowest BCUT2D eigenvalue weighted by atomic mass is 10.1. The molecule has 2 N–H and O–H groups in total. The minimum absolute atomic E-state index is 0.0470. The highest BCUT2D eigenvalue weighted by molar-refractivity contribution is 5.88. The van der Waals surface area contributed by atoms with E-state index in [0.29, 0.717) is 47.4 Å². The number of nitrogens with zero attached hydrogens (tertiary/aromatic N) is 4. The van der Waals surface area contributed by atoms with Crippen LogP contribution in [-0.2, 0) is 0 Å². The molecule has 160 valence electrons. The van der Waals surface area contributed by atoms with Crippen molar-refractivity contribution in [1.82, 2.24) is 9.38 Å². The third-order valence-electron chi connectivity index (χ3n) is 5.27. The average molecular weight is 428 g/mol. The number of aromatic nitrogens is 2. The third kappa shape index (κ3) is 3.81. The summed E-state index contributed by atoms with van der Waals surface area (Å²) in [6, 6.07) is 15.8. The maximum absolute atomic E-state index is 13.2. The molecular weight excluding hydrogens is 408 g/mol. The minimum atomic E-state index is -0.436. The first-order chi connectivity index (χ1) is 15.5. The van der Waals surface area contributed by atoms with E-state index in [1.165, 1.54) is 16.5 Å². The van der Waals surface area contributed by atoms with Crippen LogP contribution in [0.15, 0.2) is 58.3 Å². The molecule has 0 atom stereocenters. The molecule has 0 saturated carbocycles. The minimum Gasteiger partial charge on any atom is -0.385 e. The van der Waals surface area contributed by atoms with Crippen molar-refractivity contribution < 1.29 is 4.92 Å². The van der Waals surface area contributed by atoms with Crippen LogP contribution in [0, 0.1) is 28.4 Å². The van der Waals surface area contributed by atoms with Crippen molar-refractivity contribution in [2.75, 3.05) is 18.4 Å². The van der Waals surface area contributed by atoms with Crippen LogP contribution in [0.5, 0.6) is 0 Å². The van der Waals surface area contributed by atoms with Gasteiger partial charge in [-0.25, -0.2) is 0 Å². The number of nitro benzene ring substituents is 1. The van der Waals surface area contributed by atoms with Crippen molar-refractivity contribution in [2.24, 2.45) is 4.99 Å². The van der Waals surface area contributed by atoms with Crippen LogP contribution in [0.3, 0.4) is 0 Å². The summed E-state index contributed by atoms with van der Waals surface area (Å²) in [6.07, 6.45) is 2.24. The number of para-hydroxylation sites is 2. The van der Waals surface area contributed by atoms with Crippen molar-refractivity contribution >= 4 is 34.3 Å². The van der Waals surface area contributed by atoms with Crippen LogP contribution < -0.4 is 10.9 Å². The smallest absolute Gasteiger partial charge is 0.269 e. The van der Waals surface area contributed by atoms with Crippen molar-refractivity contribution in [3.63, 3.8) is 0 Å². The number of pyridine rings is 1. The van der Waals surface area contributed by atoms with E-state index in [0.717, 1.165) is 11.2 Å². The Morgan fingerprint density at radius 2 is 2.00 bits per heavy atom. The van der Waals surface area contributed by atoms with Crippen LogP contribution >= 0.6 is 0 Å². The molecule has 4 aromatic rings. The summed E-state index contributed by atoms with van der Waals surface area (Å²) < 4.78 is 1.53. The van der Waals surface area contributed by atoms with Gasteiger partial charge in [0.1, 0.15) is 11.7 Å². The molecule has 0 aliphatic heterocycles. The average Bonchev–Trinajstić information content (AvgIpc) is 3.18. The van der Waals surface area contributed by atoms with Gasteiger partial charge in [-0.1, -0.05) is 12.1 Å². The van der Waals surface area contributed by atoms with E-state index in [1.54, 1.807) is 25.3 Å². The molecule has 0 bridgehead atoms.